The van der Waals surface area contributed by atoms with Crippen molar-refractivity contribution in [2.75, 3.05) is 17.9 Å². The van der Waals surface area contributed by atoms with Crippen LogP contribution in [0.15, 0.2) is 51.9 Å². The minimum atomic E-state index is -3.98. The first-order chi connectivity index (χ1) is 19.1. The summed E-state index contributed by atoms with van der Waals surface area (Å²) in [4.78, 5) is 8.90. The molecule has 40 heavy (non-hydrogen) atoms. The van der Waals surface area contributed by atoms with Gasteiger partial charge in [0.1, 0.15) is 18.2 Å². The van der Waals surface area contributed by atoms with Crippen molar-refractivity contribution >= 4 is 15.8 Å². The highest BCUT2D eigenvalue weighted by Gasteiger charge is 2.24. The molecule has 0 aliphatic heterocycles. The van der Waals surface area contributed by atoms with Crippen molar-refractivity contribution in [1.82, 2.24) is 15.1 Å². The van der Waals surface area contributed by atoms with Crippen molar-refractivity contribution in [1.29, 1.82) is 0 Å². The number of ether oxygens (including phenoxy) is 3. The molecule has 10 nitrogen and oxygen atoms in total. The van der Waals surface area contributed by atoms with E-state index in [0.29, 0.717) is 59.9 Å². The molecule has 0 unspecified atom stereocenters. The number of aromatic nitrogens is 3. The Morgan fingerprint density at radius 3 is 2.38 bits per heavy atom. The molecule has 1 N–H and O–H groups in total. The van der Waals surface area contributed by atoms with Gasteiger partial charge in [-0.25, -0.2) is 13.4 Å². The molecule has 0 fully saturated rings. The summed E-state index contributed by atoms with van der Waals surface area (Å²) >= 11 is 0. The number of benzene rings is 2. The van der Waals surface area contributed by atoms with Gasteiger partial charge in [0.05, 0.1) is 23.8 Å². The third kappa shape index (κ3) is 6.43. The van der Waals surface area contributed by atoms with Crippen molar-refractivity contribution in [2.45, 2.75) is 59.7 Å². The first kappa shape index (κ1) is 29.0. The number of anilines is 1. The van der Waals surface area contributed by atoms with Crippen LogP contribution in [-0.2, 0) is 28.0 Å². The normalized spacial score (nSPS) is 11.4. The topological polar surface area (TPSA) is 126 Å². The first-order valence-electron chi connectivity index (χ1n) is 13.0. The lowest BCUT2D eigenvalue weighted by molar-refractivity contribution is 0.134. The van der Waals surface area contributed by atoms with Crippen LogP contribution in [0.25, 0.3) is 11.1 Å². The number of nitrogens with zero attached hydrogens (tertiary/aromatic N) is 3. The molecule has 0 saturated heterocycles. The molecule has 0 aliphatic rings. The lowest BCUT2D eigenvalue weighted by Gasteiger charge is -2.17. The van der Waals surface area contributed by atoms with Gasteiger partial charge in [0, 0.05) is 17.7 Å². The predicted molar refractivity (Wildman–Crippen MR) is 151 cm³/mol. The van der Waals surface area contributed by atoms with E-state index in [9.17, 15) is 8.42 Å². The third-order valence-electron chi connectivity index (χ3n) is 6.27. The van der Waals surface area contributed by atoms with Crippen molar-refractivity contribution < 1.29 is 27.2 Å². The van der Waals surface area contributed by atoms with E-state index in [2.05, 4.69) is 19.8 Å². The summed E-state index contributed by atoms with van der Waals surface area (Å²) < 4.78 is 52.2. The summed E-state index contributed by atoms with van der Waals surface area (Å²) in [6, 6.07) is 12.6. The van der Waals surface area contributed by atoms with Crippen LogP contribution in [0.3, 0.4) is 0 Å². The van der Waals surface area contributed by atoms with Gasteiger partial charge in [-0.05, 0) is 70.4 Å². The highest BCUT2D eigenvalue weighted by molar-refractivity contribution is 7.92. The molecule has 0 saturated carbocycles. The molecule has 0 bridgehead atoms. The molecule has 4 aromatic rings. The quantitative estimate of drug-likeness (QED) is 0.230. The van der Waals surface area contributed by atoms with E-state index < -0.39 is 10.0 Å². The maximum Gasteiger partial charge on any atom is 0.263 e. The largest absolute Gasteiger partial charge is 0.487 e. The summed E-state index contributed by atoms with van der Waals surface area (Å²) in [5, 5.41) is 3.85. The van der Waals surface area contributed by atoms with Gasteiger partial charge in [0.15, 0.2) is 5.82 Å². The molecule has 2 aromatic carbocycles. The van der Waals surface area contributed by atoms with Crippen LogP contribution in [-0.4, -0.2) is 36.8 Å². The van der Waals surface area contributed by atoms with Gasteiger partial charge in [-0.1, -0.05) is 35.5 Å². The highest BCUT2D eigenvalue weighted by Crippen LogP contribution is 2.34. The summed E-state index contributed by atoms with van der Waals surface area (Å²) in [5.74, 6) is 2.19. The van der Waals surface area contributed by atoms with Gasteiger partial charge in [0.2, 0.25) is 5.75 Å². The number of nitrogens with one attached hydrogen (secondary N) is 1. The van der Waals surface area contributed by atoms with Crippen LogP contribution >= 0.6 is 0 Å². The van der Waals surface area contributed by atoms with E-state index in [0.717, 1.165) is 16.7 Å². The number of sulfonamides is 1. The van der Waals surface area contributed by atoms with Crippen molar-refractivity contribution in [3.8, 4) is 22.8 Å². The minimum Gasteiger partial charge on any atom is -0.487 e. The molecule has 0 spiro atoms. The van der Waals surface area contributed by atoms with E-state index in [1.807, 2.05) is 39.0 Å². The molecule has 0 radical (unpaired) electrons. The molecule has 0 atom stereocenters. The van der Waals surface area contributed by atoms with Crippen LogP contribution in [0.2, 0.25) is 0 Å². The zero-order valence-electron chi connectivity index (χ0n) is 23.6. The van der Waals surface area contributed by atoms with Crippen molar-refractivity contribution in [3.63, 3.8) is 0 Å². The lowest BCUT2D eigenvalue weighted by Crippen LogP contribution is -2.15. The first-order valence-corrected chi connectivity index (χ1v) is 14.5. The summed E-state index contributed by atoms with van der Waals surface area (Å²) in [6.45, 7) is 12.4. The maximum absolute atomic E-state index is 13.5. The number of hydrogen-bond acceptors (Lipinski definition) is 9. The molecule has 0 amide bonds. The molecular weight excluding hydrogens is 532 g/mol. The monoisotopic (exact) mass is 566 g/mol. The van der Waals surface area contributed by atoms with E-state index in [-0.39, 0.29) is 17.3 Å². The Kier molecular flexibility index (Phi) is 9.06. The highest BCUT2D eigenvalue weighted by atomic mass is 32.2. The molecule has 0 aliphatic carbocycles. The van der Waals surface area contributed by atoms with E-state index in [1.165, 1.54) is 0 Å². The van der Waals surface area contributed by atoms with Gasteiger partial charge in [-0.2, -0.15) is 4.98 Å². The van der Waals surface area contributed by atoms with Crippen LogP contribution < -0.4 is 14.2 Å². The van der Waals surface area contributed by atoms with Gasteiger partial charge in [0.25, 0.3) is 15.9 Å². The van der Waals surface area contributed by atoms with Gasteiger partial charge < -0.3 is 18.7 Å². The zero-order chi connectivity index (χ0) is 28.9. The molecule has 2 aromatic heterocycles. The Labute approximate surface area is 234 Å². The number of rotatable bonds is 12. The average Bonchev–Trinajstić information content (AvgIpc) is 3.24. The zero-order valence-corrected chi connectivity index (χ0v) is 24.4. The van der Waals surface area contributed by atoms with E-state index in [4.69, 9.17) is 18.7 Å². The summed E-state index contributed by atoms with van der Waals surface area (Å²) in [6.07, 6.45) is 0. The fourth-order valence-corrected chi connectivity index (χ4v) is 5.46. The average molecular weight is 567 g/mol. The Morgan fingerprint density at radius 2 is 1.68 bits per heavy atom. The van der Waals surface area contributed by atoms with Crippen LogP contribution in [0.5, 0.6) is 11.6 Å². The lowest BCUT2D eigenvalue weighted by atomic mass is 9.98. The molecular formula is C29H34N4O6S. The van der Waals surface area contributed by atoms with Crippen LogP contribution in [0, 0.1) is 27.7 Å². The Balaban J connectivity index is 1.68. The van der Waals surface area contributed by atoms with Crippen molar-refractivity contribution in [3.05, 3.63) is 76.4 Å². The molecule has 212 valence electrons. The van der Waals surface area contributed by atoms with E-state index in [1.54, 1.807) is 45.0 Å². The fourth-order valence-electron chi connectivity index (χ4n) is 4.18. The van der Waals surface area contributed by atoms with E-state index >= 15 is 0 Å². The minimum absolute atomic E-state index is 0.116. The van der Waals surface area contributed by atoms with Gasteiger partial charge >= 0.3 is 0 Å². The number of hydrogen-bond donors (Lipinski definition) is 1. The van der Waals surface area contributed by atoms with Crippen LogP contribution in [0.1, 0.15) is 47.8 Å². The smallest absolute Gasteiger partial charge is 0.263 e. The Bertz CT molecular complexity index is 1600. The maximum atomic E-state index is 13.5. The predicted octanol–water partition coefficient (Wildman–Crippen LogP) is 5.68. The summed E-state index contributed by atoms with van der Waals surface area (Å²) in [5.41, 5.74) is 4.29. The second-order valence-corrected chi connectivity index (χ2v) is 10.8. The van der Waals surface area contributed by atoms with Crippen molar-refractivity contribution in [2.24, 2.45) is 0 Å². The molecule has 4 rings (SSSR count). The Hall–Kier alpha value is -3.96. The van der Waals surface area contributed by atoms with Crippen LogP contribution in [0.4, 0.5) is 5.82 Å². The standard InChI is InChI=1S/C29H34N4O6S/c1-7-36-17-23-15-22(16-38-29-27(37-8-2)19(4)30-21(6)31-29)13-14-24(23)25-11-9-10-12-26(25)40(34,35)33-28-18(3)20(5)39-32-28/h9-15H,7-8,16-17H2,1-6H3,(H,32,33). The number of aryl methyl sites for hydroxylation is 3. The molecule has 11 heteroatoms. The SMILES string of the molecule is CCOCc1cc(COc2nc(C)nc(C)c2OCC)ccc1-c1ccccc1S(=O)(=O)Nc1noc(C)c1C. The van der Waals surface area contributed by atoms with Gasteiger partial charge in [-0.3, -0.25) is 4.72 Å². The molecule has 2 heterocycles. The second-order valence-electron chi connectivity index (χ2n) is 9.15. The Morgan fingerprint density at radius 1 is 0.900 bits per heavy atom. The second kappa shape index (κ2) is 12.5. The third-order valence-corrected chi connectivity index (χ3v) is 7.66. The fraction of sp³-hybridized carbons (Fsp3) is 0.345. The summed E-state index contributed by atoms with van der Waals surface area (Å²) in [7, 11) is -3.98. The van der Waals surface area contributed by atoms with Gasteiger partial charge in [-0.15, -0.1) is 0 Å².